The predicted octanol–water partition coefficient (Wildman–Crippen LogP) is 4.69. The number of alkyl halides is 3. The van der Waals surface area contributed by atoms with Crippen molar-refractivity contribution in [3.63, 3.8) is 0 Å². The topological polar surface area (TPSA) is 37.3 Å². The lowest BCUT2D eigenvalue weighted by molar-refractivity contribution is -0.152. The number of hydrogen-bond acceptors (Lipinski definition) is 2. The van der Waals surface area contributed by atoms with E-state index in [1.54, 1.807) is 0 Å². The summed E-state index contributed by atoms with van der Waals surface area (Å²) in [5, 5.41) is 9.34. The summed E-state index contributed by atoms with van der Waals surface area (Å²) < 4.78 is 36.3. The molecular formula is C13H21F3O2S. The Kier molecular flexibility index (Phi) is 6.02. The Bertz CT molecular complexity index is 297. The minimum atomic E-state index is -4.26. The van der Waals surface area contributed by atoms with Crippen molar-refractivity contribution < 1.29 is 23.1 Å². The molecule has 19 heavy (non-hydrogen) atoms. The van der Waals surface area contributed by atoms with Crippen molar-refractivity contribution >= 4 is 17.7 Å². The zero-order valence-electron chi connectivity index (χ0n) is 11.1. The van der Waals surface area contributed by atoms with Gasteiger partial charge in [-0.25, -0.2) is 0 Å². The van der Waals surface area contributed by atoms with Crippen LogP contribution >= 0.6 is 11.8 Å². The molecule has 0 radical (unpaired) electrons. The fourth-order valence-corrected chi connectivity index (χ4v) is 3.58. The van der Waals surface area contributed by atoms with Gasteiger partial charge in [0.05, 0.1) is 5.41 Å². The predicted molar refractivity (Wildman–Crippen MR) is 70.1 cm³/mol. The fraction of sp³-hybridized carbons (Fsp3) is 0.923. The third kappa shape index (κ3) is 5.24. The maximum Gasteiger partial charge on any atom is 0.441 e. The van der Waals surface area contributed by atoms with E-state index in [2.05, 4.69) is 6.92 Å². The van der Waals surface area contributed by atoms with Crippen molar-refractivity contribution in [2.45, 2.75) is 57.4 Å². The Morgan fingerprint density at radius 2 is 1.95 bits per heavy atom. The Morgan fingerprint density at radius 1 is 1.37 bits per heavy atom. The molecule has 0 spiro atoms. The average Bonchev–Trinajstić information content (AvgIpc) is 2.30. The molecule has 0 aromatic rings. The molecule has 0 amide bonds. The van der Waals surface area contributed by atoms with Gasteiger partial charge >= 0.3 is 11.5 Å². The van der Waals surface area contributed by atoms with Gasteiger partial charge in [-0.15, -0.1) is 0 Å². The summed E-state index contributed by atoms with van der Waals surface area (Å²) in [7, 11) is 0. The van der Waals surface area contributed by atoms with Crippen LogP contribution in [0.4, 0.5) is 13.2 Å². The van der Waals surface area contributed by atoms with E-state index >= 15 is 0 Å². The molecule has 6 heteroatoms. The monoisotopic (exact) mass is 298 g/mol. The minimum absolute atomic E-state index is 0.109. The number of hydrogen-bond donors (Lipinski definition) is 1. The molecule has 1 rings (SSSR count). The van der Waals surface area contributed by atoms with Crippen LogP contribution in [0.1, 0.15) is 51.9 Å². The smallest absolute Gasteiger partial charge is 0.441 e. The second kappa shape index (κ2) is 6.86. The van der Waals surface area contributed by atoms with E-state index < -0.39 is 16.9 Å². The maximum absolute atomic E-state index is 12.1. The molecule has 1 aliphatic rings. The summed E-state index contributed by atoms with van der Waals surface area (Å²) in [6.07, 6.45) is 4.98. The summed E-state index contributed by atoms with van der Waals surface area (Å²) in [4.78, 5) is 11.4. The van der Waals surface area contributed by atoms with E-state index in [0.717, 1.165) is 25.7 Å². The molecule has 112 valence electrons. The van der Waals surface area contributed by atoms with Crippen molar-refractivity contribution in [3.05, 3.63) is 0 Å². The number of halogens is 3. The van der Waals surface area contributed by atoms with Gasteiger partial charge in [0.1, 0.15) is 0 Å². The molecule has 1 N–H and O–H groups in total. The second-order valence-electron chi connectivity index (χ2n) is 5.36. The lowest BCUT2D eigenvalue weighted by atomic mass is 9.68. The van der Waals surface area contributed by atoms with Crippen molar-refractivity contribution in [2.75, 3.05) is 5.75 Å². The van der Waals surface area contributed by atoms with Crippen LogP contribution in [-0.2, 0) is 4.79 Å². The standard InChI is InChI=1S/C13H21F3O2S/c1-2-3-10-4-6-12(7-5-10,11(17)18)8-9-19-13(14,15)16/h10H,2-9H2,1H3,(H,17,18). The molecule has 1 fully saturated rings. The van der Waals surface area contributed by atoms with Crippen LogP contribution in [0.5, 0.6) is 0 Å². The van der Waals surface area contributed by atoms with E-state index in [1.807, 2.05) is 0 Å². The molecular weight excluding hydrogens is 277 g/mol. The molecule has 0 aliphatic heterocycles. The van der Waals surface area contributed by atoms with E-state index in [9.17, 15) is 23.1 Å². The van der Waals surface area contributed by atoms with Crippen molar-refractivity contribution in [2.24, 2.45) is 11.3 Å². The Hall–Kier alpha value is -0.390. The highest BCUT2D eigenvalue weighted by Crippen LogP contribution is 2.45. The third-order valence-corrected chi connectivity index (χ3v) is 4.79. The number of rotatable bonds is 6. The quantitative estimate of drug-likeness (QED) is 0.773. The van der Waals surface area contributed by atoms with Crippen LogP contribution in [0.15, 0.2) is 0 Å². The van der Waals surface area contributed by atoms with Crippen LogP contribution < -0.4 is 0 Å². The number of aliphatic carboxylic acids is 1. The van der Waals surface area contributed by atoms with Crippen LogP contribution in [0, 0.1) is 11.3 Å². The molecule has 0 saturated heterocycles. The molecule has 0 heterocycles. The first kappa shape index (κ1) is 16.7. The average molecular weight is 298 g/mol. The summed E-state index contributed by atoms with van der Waals surface area (Å²) in [5.74, 6) is -0.535. The summed E-state index contributed by atoms with van der Waals surface area (Å²) in [6.45, 7) is 2.10. The summed E-state index contributed by atoms with van der Waals surface area (Å²) >= 11 is -0.109. The molecule has 0 unspecified atom stereocenters. The maximum atomic E-state index is 12.1. The lowest BCUT2D eigenvalue weighted by Gasteiger charge is -2.37. The Labute approximate surface area is 116 Å². The normalized spacial score (nSPS) is 28.3. The number of carbonyl (C=O) groups is 1. The van der Waals surface area contributed by atoms with E-state index in [4.69, 9.17) is 0 Å². The molecule has 1 saturated carbocycles. The summed E-state index contributed by atoms with van der Waals surface area (Å²) in [6, 6.07) is 0. The molecule has 0 aromatic carbocycles. The summed E-state index contributed by atoms with van der Waals surface area (Å²) in [5.41, 5.74) is -5.19. The number of carboxylic acids is 1. The first-order valence-electron chi connectivity index (χ1n) is 6.73. The third-order valence-electron chi connectivity index (χ3n) is 4.06. The minimum Gasteiger partial charge on any atom is -0.481 e. The number of thioether (sulfide) groups is 1. The Balaban J connectivity index is 2.51. The Morgan fingerprint density at radius 3 is 2.37 bits per heavy atom. The highest BCUT2D eigenvalue weighted by Gasteiger charge is 2.42. The van der Waals surface area contributed by atoms with Gasteiger partial charge < -0.3 is 5.11 Å². The zero-order chi connectivity index (χ0) is 14.5. The number of carboxylic acid groups (broad SMARTS) is 1. The van der Waals surface area contributed by atoms with Gasteiger partial charge in [0.2, 0.25) is 0 Å². The highest BCUT2D eigenvalue weighted by molar-refractivity contribution is 8.00. The second-order valence-corrected chi connectivity index (χ2v) is 6.52. The zero-order valence-corrected chi connectivity index (χ0v) is 11.9. The molecule has 0 aromatic heterocycles. The van der Waals surface area contributed by atoms with Gasteiger partial charge in [0, 0.05) is 5.75 Å². The van der Waals surface area contributed by atoms with Gasteiger partial charge in [0.25, 0.3) is 0 Å². The van der Waals surface area contributed by atoms with E-state index in [0.29, 0.717) is 18.8 Å². The van der Waals surface area contributed by atoms with Crippen molar-refractivity contribution in [1.82, 2.24) is 0 Å². The lowest BCUT2D eigenvalue weighted by Crippen LogP contribution is -2.36. The van der Waals surface area contributed by atoms with Crippen LogP contribution in [-0.4, -0.2) is 22.3 Å². The van der Waals surface area contributed by atoms with Crippen molar-refractivity contribution in [1.29, 1.82) is 0 Å². The van der Waals surface area contributed by atoms with Crippen LogP contribution in [0.2, 0.25) is 0 Å². The first-order valence-corrected chi connectivity index (χ1v) is 7.72. The van der Waals surface area contributed by atoms with Gasteiger partial charge in [-0.3, -0.25) is 4.79 Å². The van der Waals surface area contributed by atoms with E-state index in [1.165, 1.54) is 0 Å². The van der Waals surface area contributed by atoms with E-state index in [-0.39, 0.29) is 23.9 Å². The van der Waals surface area contributed by atoms with Gasteiger partial charge in [-0.05, 0) is 38.0 Å². The SMILES string of the molecule is CCCC1CCC(CCSC(F)(F)F)(C(=O)O)CC1. The first-order chi connectivity index (χ1) is 8.79. The molecule has 0 atom stereocenters. The molecule has 1 aliphatic carbocycles. The van der Waals surface area contributed by atoms with Gasteiger partial charge in [-0.2, -0.15) is 13.2 Å². The largest absolute Gasteiger partial charge is 0.481 e. The van der Waals surface area contributed by atoms with Crippen LogP contribution in [0.25, 0.3) is 0 Å². The molecule has 0 bridgehead atoms. The fourth-order valence-electron chi connectivity index (χ4n) is 2.86. The molecule has 2 nitrogen and oxygen atoms in total. The highest BCUT2D eigenvalue weighted by atomic mass is 32.2. The van der Waals surface area contributed by atoms with Crippen LogP contribution in [0.3, 0.4) is 0 Å². The van der Waals surface area contributed by atoms with Crippen molar-refractivity contribution in [3.8, 4) is 0 Å². The van der Waals surface area contributed by atoms with Gasteiger partial charge in [0.15, 0.2) is 0 Å². The van der Waals surface area contributed by atoms with Gasteiger partial charge in [-0.1, -0.05) is 31.5 Å².